The van der Waals surface area contributed by atoms with Gasteiger partial charge in [-0.3, -0.25) is 9.89 Å². The van der Waals surface area contributed by atoms with Crippen LogP contribution in [0.15, 0.2) is 48.5 Å². The maximum Gasteiger partial charge on any atom is 0.257 e. The fraction of sp³-hybridized carbons (Fsp3) is 0.0667. The molecule has 3 rings (SSSR count). The second-order valence-corrected chi connectivity index (χ2v) is 4.39. The van der Waals surface area contributed by atoms with E-state index in [1.807, 2.05) is 49.4 Å². The minimum Gasteiger partial charge on any atom is -0.305 e. The highest BCUT2D eigenvalue weighted by Gasteiger charge is 2.12. The number of aromatic amines is 1. The lowest BCUT2D eigenvalue weighted by Crippen LogP contribution is -2.13. The third-order valence-corrected chi connectivity index (χ3v) is 3.09. The number of nitrogens with one attached hydrogen (secondary N) is 2. The molecule has 0 radical (unpaired) electrons. The van der Waals surface area contributed by atoms with Crippen molar-refractivity contribution in [2.45, 2.75) is 6.92 Å². The van der Waals surface area contributed by atoms with E-state index in [1.165, 1.54) is 0 Å². The third kappa shape index (κ3) is 2.08. The summed E-state index contributed by atoms with van der Waals surface area (Å²) in [7, 11) is 0. The van der Waals surface area contributed by atoms with Gasteiger partial charge in [0.15, 0.2) is 5.82 Å². The van der Waals surface area contributed by atoms with E-state index in [0.29, 0.717) is 11.4 Å². The molecule has 2 N–H and O–H groups in total. The van der Waals surface area contributed by atoms with Crippen molar-refractivity contribution >= 4 is 22.6 Å². The van der Waals surface area contributed by atoms with Crippen LogP contribution >= 0.6 is 0 Å². The van der Waals surface area contributed by atoms with Crippen LogP contribution in [-0.4, -0.2) is 16.1 Å². The average Bonchev–Trinajstić information content (AvgIpc) is 2.83. The molecule has 4 nitrogen and oxygen atoms in total. The van der Waals surface area contributed by atoms with Crippen molar-refractivity contribution in [2.24, 2.45) is 0 Å². The zero-order valence-corrected chi connectivity index (χ0v) is 10.5. The quantitative estimate of drug-likeness (QED) is 0.735. The first kappa shape index (κ1) is 11.5. The topological polar surface area (TPSA) is 57.8 Å². The highest BCUT2D eigenvalue weighted by molar-refractivity contribution is 6.08. The lowest BCUT2D eigenvalue weighted by molar-refractivity contribution is 0.102. The first-order chi connectivity index (χ1) is 9.25. The molecular weight excluding hydrogens is 238 g/mol. The second kappa shape index (κ2) is 4.57. The lowest BCUT2D eigenvalue weighted by Gasteiger charge is -2.05. The maximum absolute atomic E-state index is 12.2. The number of H-pyrrole nitrogens is 1. The number of nitrogens with zero attached hydrogens (tertiary/aromatic N) is 1. The Hall–Kier alpha value is -2.62. The zero-order valence-electron chi connectivity index (χ0n) is 10.5. The largest absolute Gasteiger partial charge is 0.305 e. The summed E-state index contributed by atoms with van der Waals surface area (Å²) in [6.45, 7) is 1.91. The summed E-state index contributed by atoms with van der Waals surface area (Å²) < 4.78 is 0. The van der Waals surface area contributed by atoms with Crippen LogP contribution < -0.4 is 5.32 Å². The number of anilines is 1. The summed E-state index contributed by atoms with van der Waals surface area (Å²) in [5.74, 6) is 0.416. The first-order valence-corrected chi connectivity index (χ1v) is 6.06. The Morgan fingerprint density at radius 3 is 2.68 bits per heavy atom. The summed E-state index contributed by atoms with van der Waals surface area (Å²) in [6.07, 6.45) is 0. The maximum atomic E-state index is 12.2. The molecule has 0 aliphatic carbocycles. The van der Waals surface area contributed by atoms with Crippen molar-refractivity contribution < 1.29 is 4.79 Å². The van der Waals surface area contributed by atoms with E-state index in [-0.39, 0.29) is 5.91 Å². The smallest absolute Gasteiger partial charge is 0.257 e. The van der Waals surface area contributed by atoms with E-state index in [9.17, 15) is 4.79 Å². The van der Waals surface area contributed by atoms with Gasteiger partial charge in [-0.2, -0.15) is 5.10 Å². The van der Waals surface area contributed by atoms with Crippen LogP contribution in [0, 0.1) is 6.92 Å². The number of benzene rings is 2. The van der Waals surface area contributed by atoms with Crippen LogP contribution in [0.1, 0.15) is 15.9 Å². The van der Waals surface area contributed by atoms with Crippen LogP contribution in [0.5, 0.6) is 0 Å². The van der Waals surface area contributed by atoms with Crippen LogP contribution in [0.3, 0.4) is 0 Å². The summed E-state index contributed by atoms with van der Waals surface area (Å²) in [5, 5.41) is 10.8. The van der Waals surface area contributed by atoms with Gasteiger partial charge >= 0.3 is 0 Å². The van der Waals surface area contributed by atoms with Crippen molar-refractivity contribution in [3.8, 4) is 0 Å². The first-order valence-electron chi connectivity index (χ1n) is 6.06. The molecule has 1 aromatic heterocycles. The molecule has 0 bridgehead atoms. The van der Waals surface area contributed by atoms with Crippen LogP contribution in [0.25, 0.3) is 10.9 Å². The van der Waals surface area contributed by atoms with Crippen LogP contribution in [0.2, 0.25) is 0 Å². The summed E-state index contributed by atoms with van der Waals surface area (Å²) in [6, 6.07) is 15.2. The summed E-state index contributed by atoms with van der Waals surface area (Å²) in [5.41, 5.74) is 2.51. The number of carbonyl (C=O) groups excluding carboxylic acids is 1. The van der Waals surface area contributed by atoms with Gasteiger partial charge in [-0.1, -0.05) is 30.3 Å². The SMILES string of the molecule is Cc1ccccc1C(=O)Nc1n[nH]c2ccccc12. The van der Waals surface area contributed by atoms with Gasteiger partial charge in [0, 0.05) is 10.9 Å². The highest BCUT2D eigenvalue weighted by Crippen LogP contribution is 2.20. The van der Waals surface area contributed by atoms with Crippen molar-refractivity contribution in [1.29, 1.82) is 0 Å². The van der Waals surface area contributed by atoms with E-state index in [1.54, 1.807) is 6.07 Å². The van der Waals surface area contributed by atoms with Crippen LogP contribution in [0.4, 0.5) is 5.82 Å². The van der Waals surface area contributed by atoms with Gasteiger partial charge in [0.2, 0.25) is 0 Å². The molecule has 0 aliphatic rings. The number of aromatic nitrogens is 2. The van der Waals surface area contributed by atoms with E-state index >= 15 is 0 Å². The molecule has 1 amide bonds. The Morgan fingerprint density at radius 1 is 1.11 bits per heavy atom. The number of hydrogen-bond acceptors (Lipinski definition) is 2. The number of carbonyl (C=O) groups is 1. The number of para-hydroxylation sites is 1. The molecule has 2 aromatic carbocycles. The van der Waals surface area contributed by atoms with Gasteiger partial charge < -0.3 is 5.32 Å². The monoisotopic (exact) mass is 251 g/mol. The molecule has 1 heterocycles. The molecule has 0 unspecified atom stereocenters. The second-order valence-electron chi connectivity index (χ2n) is 4.39. The van der Waals surface area contributed by atoms with Gasteiger partial charge in [0.1, 0.15) is 0 Å². The molecule has 4 heteroatoms. The Bertz CT molecular complexity index is 746. The van der Waals surface area contributed by atoms with E-state index < -0.39 is 0 Å². The molecule has 94 valence electrons. The minimum absolute atomic E-state index is 0.143. The Balaban J connectivity index is 1.94. The Kier molecular flexibility index (Phi) is 2.76. The minimum atomic E-state index is -0.143. The molecule has 0 saturated carbocycles. The van der Waals surface area contributed by atoms with Gasteiger partial charge in [-0.15, -0.1) is 0 Å². The average molecular weight is 251 g/mol. The van der Waals surface area contributed by atoms with Crippen molar-refractivity contribution in [3.05, 3.63) is 59.7 Å². The fourth-order valence-electron chi connectivity index (χ4n) is 2.06. The van der Waals surface area contributed by atoms with Crippen molar-refractivity contribution in [2.75, 3.05) is 5.32 Å². The normalized spacial score (nSPS) is 10.6. The van der Waals surface area contributed by atoms with Gasteiger partial charge in [-0.05, 0) is 30.7 Å². The van der Waals surface area contributed by atoms with E-state index in [4.69, 9.17) is 0 Å². The Labute approximate surface area is 110 Å². The van der Waals surface area contributed by atoms with E-state index in [2.05, 4.69) is 15.5 Å². The Morgan fingerprint density at radius 2 is 1.84 bits per heavy atom. The zero-order chi connectivity index (χ0) is 13.2. The van der Waals surface area contributed by atoms with E-state index in [0.717, 1.165) is 16.5 Å². The molecule has 0 aliphatic heterocycles. The van der Waals surface area contributed by atoms with Crippen LogP contribution in [-0.2, 0) is 0 Å². The van der Waals surface area contributed by atoms with Gasteiger partial charge in [0.05, 0.1) is 5.52 Å². The number of amides is 1. The molecule has 19 heavy (non-hydrogen) atoms. The predicted molar refractivity (Wildman–Crippen MR) is 75.2 cm³/mol. The van der Waals surface area contributed by atoms with Gasteiger partial charge in [0.25, 0.3) is 5.91 Å². The molecular formula is C15H13N3O. The molecule has 3 aromatic rings. The standard InChI is InChI=1S/C15H13N3O/c1-10-6-2-3-7-11(10)15(19)16-14-12-8-4-5-9-13(12)17-18-14/h2-9H,1H3,(H2,16,17,18,19). The van der Waals surface area contributed by atoms with Crippen molar-refractivity contribution in [3.63, 3.8) is 0 Å². The number of aryl methyl sites for hydroxylation is 1. The number of rotatable bonds is 2. The molecule has 0 fully saturated rings. The highest BCUT2D eigenvalue weighted by atomic mass is 16.1. The molecule has 0 atom stereocenters. The summed E-state index contributed by atoms with van der Waals surface area (Å²) >= 11 is 0. The molecule has 0 spiro atoms. The predicted octanol–water partition coefficient (Wildman–Crippen LogP) is 3.12. The lowest BCUT2D eigenvalue weighted by atomic mass is 10.1. The number of hydrogen-bond donors (Lipinski definition) is 2. The van der Waals surface area contributed by atoms with Crippen molar-refractivity contribution in [1.82, 2.24) is 10.2 Å². The molecule has 0 saturated heterocycles. The fourth-order valence-corrected chi connectivity index (χ4v) is 2.06. The number of fused-ring (bicyclic) bond motifs is 1. The summed E-state index contributed by atoms with van der Waals surface area (Å²) in [4.78, 5) is 12.2. The third-order valence-electron chi connectivity index (χ3n) is 3.09. The van der Waals surface area contributed by atoms with Gasteiger partial charge in [-0.25, -0.2) is 0 Å².